The Kier molecular flexibility index (Phi) is 5.81. The number of ether oxygens (including phenoxy) is 1. The monoisotopic (exact) mass is 450 g/mol. The Morgan fingerprint density at radius 1 is 1.48 bits per heavy atom. The first-order valence-corrected chi connectivity index (χ1v) is 9.50. The summed E-state index contributed by atoms with van der Waals surface area (Å²) in [5, 5.41) is 5.21. The number of rotatable bonds is 5. The van der Waals surface area contributed by atoms with Gasteiger partial charge >= 0.3 is 6.61 Å². The number of amides is 1. The van der Waals surface area contributed by atoms with Gasteiger partial charge in [0.1, 0.15) is 0 Å². The first kappa shape index (κ1) is 18.4. The lowest BCUT2D eigenvalue weighted by Gasteiger charge is -2.27. The number of carbonyl (C=O) groups is 1. The van der Waals surface area contributed by atoms with Gasteiger partial charge in [0.15, 0.2) is 5.75 Å². The molecule has 0 spiro atoms. The maximum absolute atomic E-state index is 12.6. The molecule has 0 saturated heterocycles. The molecule has 134 valence electrons. The van der Waals surface area contributed by atoms with Crippen molar-refractivity contribution in [2.75, 3.05) is 18.4 Å². The number of hydrogen-bond acceptors (Lipinski definition) is 4. The summed E-state index contributed by atoms with van der Waals surface area (Å²) < 4.78 is 30.0. The van der Waals surface area contributed by atoms with E-state index < -0.39 is 6.61 Å². The molecule has 0 saturated carbocycles. The highest BCUT2D eigenvalue weighted by Gasteiger charge is 2.22. The van der Waals surface area contributed by atoms with Gasteiger partial charge in [-0.15, -0.1) is 11.3 Å². The minimum Gasteiger partial charge on any atom is -0.431 e. The summed E-state index contributed by atoms with van der Waals surface area (Å²) >= 11 is 10.8. The van der Waals surface area contributed by atoms with E-state index in [1.54, 1.807) is 16.2 Å². The van der Waals surface area contributed by atoms with Gasteiger partial charge in [-0.05, 0) is 51.5 Å². The molecular formula is C16H14BrClF2N2O2S. The van der Waals surface area contributed by atoms with Crippen LogP contribution in [0.4, 0.5) is 14.5 Å². The molecule has 1 amide bonds. The van der Waals surface area contributed by atoms with Gasteiger partial charge in [0.05, 0.1) is 16.7 Å². The van der Waals surface area contributed by atoms with Gasteiger partial charge in [-0.3, -0.25) is 4.79 Å². The van der Waals surface area contributed by atoms with Crippen LogP contribution in [0.5, 0.6) is 5.75 Å². The number of fused-ring (bicyclic) bond motifs is 1. The molecule has 0 bridgehead atoms. The fraction of sp³-hybridized carbons (Fsp3) is 0.312. The topological polar surface area (TPSA) is 41.6 Å². The predicted molar refractivity (Wildman–Crippen MR) is 97.7 cm³/mol. The Morgan fingerprint density at radius 2 is 2.28 bits per heavy atom. The quantitative estimate of drug-likeness (QED) is 0.712. The molecule has 3 rings (SSSR count). The minimum absolute atomic E-state index is 0.0359. The smallest absolute Gasteiger partial charge is 0.387 e. The molecule has 4 nitrogen and oxygen atoms in total. The summed E-state index contributed by atoms with van der Waals surface area (Å²) in [7, 11) is 0. The third kappa shape index (κ3) is 4.43. The van der Waals surface area contributed by atoms with Crippen LogP contribution < -0.4 is 10.1 Å². The first-order valence-electron chi connectivity index (χ1n) is 7.45. The van der Waals surface area contributed by atoms with E-state index in [0.29, 0.717) is 18.1 Å². The minimum atomic E-state index is -2.98. The van der Waals surface area contributed by atoms with Crippen molar-refractivity contribution >= 4 is 50.5 Å². The third-order valence-electron chi connectivity index (χ3n) is 3.81. The van der Waals surface area contributed by atoms with Crippen molar-refractivity contribution < 1.29 is 18.3 Å². The highest BCUT2D eigenvalue weighted by Crippen LogP contribution is 2.37. The van der Waals surface area contributed by atoms with Crippen LogP contribution in [0, 0.1) is 0 Å². The van der Waals surface area contributed by atoms with Gasteiger partial charge in [-0.25, -0.2) is 0 Å². The van der Waals surface area contributed by atoms with E-state index >= 15 is 0 Å². The predicted octanol–water partition coefficient (Wildman–Crippen LogP) is 4.76. The van der Waals surface area contributed by atoms with Crippen LogP contribution in [0.3, 0.4) is 0 Å². The van der Waals surface area contributed by atoms with E-state index in [4.69, 9.17) is 11.6 Å². The van der Waals surface area contributed by atoms with Gasteiger partial charge < -0.3 is 15.0 Å². The van der Waals surface area contributed by atoms with E-state index in [9.17, 15) is 13.6 Å². The van der Waals surface area contributed by atoms with Crippen molar-refractivity contribution in [1.29, 1.82) is 0 Å². The molecule has 1 aliphatic heterocycles. The van der Waals surface area contributed by atoms with Crippen LogP contribution in [0.2, 0.25) is 5.02 Å². The number of thiophene rings is 1. The fourth-order valence-corrected chi connectivity index (χ4v) is 4.44. The standard InChI is InChI=1S/C16H14BrClF2N2O2S/c17-11-5-10(18)6-12(15(11)24-16(19)20)21-7-14(23)22-3-1-13-9(8-22)2-4-25-13/h2,4-6,16,21H,1,3,7-8H2. The molecule has 0 atom stereocenters. The van der Waals surface area contributed by atoms with Crippen molar-refractivity contribution in [2.45, 2.75) is 19.6 Å². The van der Waals surface area contributed by atoms with Crippen molar-refractivity contribution in [1.82, 2.24) is 4.90 Å². The largest absolute Gasteiger partial charge is 0.431 e. The maximum atomic E-state index is 12.6. The Labute approximate surface area is 160 Å². The number of alkyl halides is 2. The molecule has 1 aliphatic rings. The van der Waals surface area contributed by atoms with Gasteiger partial charge in [0, 0.05) is 23.0 Å². The average molecular weight is 452 g/mol. The highest BCUT2D eigenvalue weighted by atomic mass is 79.9. The van der Waals surface area contributed by atoms with Crippen LogP contribution in [0.25, 0.3) is 0 Å². The van der Waals surface area contributed by atoms with E-state index in [1.165, 1.54) is 17.0 Å². The van der Waals surface area contributed by atoms with E-state index in [-0.39, 0.29) is 28.4 Å². The number of nitrogens with zero attached hydrogens (tertiary/aromatic N) is 1. The second kappa shape index (κ2) is 7.88. The van der Waals surface area contributed by atoms with Crippen molar-refractivity contribution in [3.8, 4) is 5.75 Å². The Balaban J connectivity index is 1.68. The lowest BCUT2D eigenvalue weighted by Crippen LogP contribution is -2.38. The van der Waals surface area contributed by atoms with E-state index in [2.05, 4.69) is 26.0 Å². The van der Waals surface area contributed by atoms with Gasteiger partial charge in [-0.2, -0.15) is 8.78 Å². The summed E-state index contributed by atoms with van der Waals surface area (Å²) in [6.07, 6.45) is 0.835. The van der Waals surface area contributed by atoms with Crippen LogP contribution in [0.15, 0.2) is 28.1 Å². The summed E-state index contributed by atoms with van der Waals surface area (Å²) in [5.41, 5.74) is 1.40. The Morgan fingerprint density at radius 3 is 3.04 bits per heavy atom. The first-order chi connectivity index (χ1) is 11.9. The second-order valence-electron chi connectivity index (χ2n) is 5.43. The average Bonchev–Trinajstić information content (AvgIpc) is 3.02. The van der Waals surface area contributed by atoms with Crippen molar-refractivity contribution in [3.05, 3.63) is 43.5 Å². The number of halogens is 4. The SMILES string of the molecule is O=C(CNc1cc(Cl)cc(Br)c1OC(F)F)N1CCc2sccc2C1. The molecule has 25 heavy (non-hydrogen) atoms. The Hall–Kier alpha value is -1.38. The summed E-state index contributed by atoms with van der Waals surface area (Å²) in [5.74, 6) is -0.193. The zero-order valence-electron chi connectivity index (χ0n) is 12.9. The molecule has 1 aromatic carbocycles. The molecule has 0 fully saturated rings. The Bertz CT molecular complexity index is 787. The molecular weight excluding hydrogens is 438 g/mol. The van der Waals surface area contributed by atoms with Crippen molar-refractivity contribution in [2.24, 2.45) is 0 Å². The normalized spacial score (nSPS) is 13.7. The van der Waals surface area contributed by atoms with Crippen LogP contribution in [0.1, 0.15) is 10.4 Å². The number of carbonyl (C=O) groups excluding carboxylic acids is 1. The molecule has 0 radical (unpaired) electrons. The van der Waals surface area contributed by atoms with E-state index in [0.717, 1.165) is 12.0 Å². The zero-order valence-corrected chi connectivity index (χ0v) is 16.1. The number of hydrogen-bond donors (Lipinski definition) is 1. The van der Waals surface area contributed by atoms with Gasteiger partial charge in [-0.1, -0.05) is 11.6 Å². The number of nitrogens with one attached hydrogen (secondary N) is 1. The zero-order chi connectivity index (χ0) is 18.0. The molecule has 2 heterocycles. The van der Waals surface area contributed by atoms with Crippen molar-refractivity contribution in [3.63, 3.8) is 0 Å². The van der Waals surface area contributed by atoms with Crippen LogP contribution in [-0.2, 0) is 17.8 Å². The second-order valence-corrected chi connectivity index (χ2v) is 7.72. The summed E-state index contributed by atoms with van der Waals surface area (Å²) in [4.78, 5) is 15.5. The lowest BCUT2D eigenvalue weighted by molar-refractivity contribution is -0.130. The van der Waals surface area contributed by atoms with Gasteiger partial charge in [0.25, 0.3) is 0 Å². The molecule has 1 aromatic heterocycles. The lowest BCUT2D eigenvalue weighted by atomic mass is 10.1. The maximum Gasteiger partial charge on any atom is 0.387 e. The molecule has 2 aromatic rings. The van der Waals surface area contributed by atoms with Crippen LogP contribution >= 0.6 is 38.9 Å². The van der Waals surface area contributed by atoms with Crippen LogP contribution in [-0.4, -0.2) is 30.5 Å². The highest BCUT2D eigenvalue weighted by molar-refractivity contribution is 9.10. The van der Waals surface area contributed by atoms with Gasteiger partial charge in [0.2, 0.25) is 5.91 Å². The molecule has 1 N–H and O–H groups in total. The third-order valence-corrected chi connectivity index (χ3v) is 5.64. The summed E-state index contributed by atoms with van der Waals surface area (Å²) in [6.45, 7) is -1.80. The number of benzene rings is 1. The molecule has 0 aliphatic carbocycles. The molecule has 0 unspecified atom stereocenters. The molecule has 9 heteroatoms. The fourth-order valence-electron chi connectivity index (χ4n) is 2.64. The van der Waals surface area contributed by atoms with E-state index in [1.807, 2.05) is 11.4 Å². The number of anilines is 1. The summed E-state index contributed by atoms with van der Waals surface area (Å²) in [6, 6.07) is 4.93.